The molecule has 0 bridgehead atoms. The molecule has 2 heterocycles. The summed E-state index contributed by atoms with van der Waals surface area (Å²) in [5.41, 5.74) is 4.06. The van der Waals surface area contributed by atoms with E-state index in [2.05, 4.69) is 44.0 Å². The molecule has 6 rings (SSSR count). The van der Waals surface area contributed by atoms with Gasteiger partial charge >= 0.3 is 0 Å². The first-order valence-corrected chi connectivity index (χ1v) is 16.0. The van der Waals surface area contributed by atoms with Gasteiger partial charge in [0, 0.05) is 65.6 Å². The van der Waals surface area contributed by atoms with Crippen molar-refractivity contribution in [3.05, 3.63) is 113 Å². The van der Waals surface area contributed by atoms with E-state index in [0.717, 1.165) is 43.1 Å². The predicted octanol–water partition coefficient (Wildman–Crippen LogP) is 5.56. The lowest BCUT2D eigenvalue weighted by Crippen LogP contribution is -2.44. The van der Waals surface area contributed by atoms with Crippen molar-refractivity contribution in [2.75, 3.05) is 48.2 Å². The molecule has 2 aliphatic rings. The van der Waals surface area contributed by atoms with Crippen LogP contribution in [-0.2, 0) is 14.8 Å². The van der Waals surface area contributed by atoms with Crippen molar-refractivity contribution in [2.45, 2.75) is 10.8 Å². The third-order valence-electron chi connectivity index (χ3n) is 7.77. The number of fused-ring (bicyclic) bond motifs is 1. The highest BCUT2D eigenvalue weighted by Gasteiger charge is 2.30. The number of carbonyl (C=O) groups excluding carboxylic acids is 2. The molecule has 1 unspecified atom stereocenters. The van der Waals surface area contributed by atoms with Crippen molar-refractivity contribution < 1.29 is 18.0 Å². The number of carbonyl (C=O) groups is 2. The minimum Gasteiger partial charge on any atom is -0.369 e. The Morgan fingerprint density at radius 2 is 1.66 bits per heavy atom. The van der Waals surface area contributed by atoms with Gasteiger partial charge in [-0.1, -0.05) is 41.9 Å². The molecule has 0 spiro atoms. The van der Waals surface area contributed by atoms with Crippen molar-refractivity contribution in [3.8, 4) is 0 Å². The zero-order chi connectivity index (χ0) is 30.8. The first-order chi connectivity index (χ1) is 21.2. The van der Waals surface area contributed by atoms with Crippen molar-refractivity contribution in [2.24, 2.45) is 4.99 Å². The second-order valence-corrected chi connectivity index (χ2v) is 12.9. The van der Waals surface area contributed by atoms with Crippen LogP contribution in [0.1, 0.15) is 27.4 Å². The fraction of sp³-hybridized carbons (Fsp3) is 0.182. The molecular weight excluding hydrogens is 598 g/mol. The molecule has 224 valence electrons. The lowest BCUT2D eigenvalue weighted by Gasteiger charge is -2.34. The second-order valence-electron chi connectivity index (χ2n) is 10.8. The molecule has 9 nitrogen and oxygen atoms in total. The van der Waals surface area contributed by atoms with Crippen LogP contribution in [-0.4, -0.2) is 64.4 Å². The van der Waals surface area contributed by atoms with Crippen molar-refractivity contribution in [1.82, 2.24) is 4.90 Å². The number of rotatable bonds is 8. The Labute approximate surface area is 261 Å². The van der Waals surface area contributed by atoms with Gasteiger partial charge in [-0.3, -0.25) is 19.3 Å². The number of piperazine rings is 1. The minimum absolute atomic E-state index is 0.0110. The average Bonchev–Trinajstić information content (AvgIpc) is 3.34. The van der Waals surface area contributed by atoms with Gasteiger partial charge < -0.3 is 15.1 Å². The first kappa shape index (κ1) is 29.6. The largest absolute Gasteiger partial charge is 0.369 e. The first-order valence-electron chi connectivity index (χ1n) is 14.1. The third-order valence-corrected chi connectivity index (χ3v) is 9.38. The number of hydrogen-bond donors (Lipinski definition) is 2. The number of amides is 1. The van der Waals surface area contributed by atoms with Crippen LogP contribution in [0.2, 0.25) is 5.02 Å². The summed E-state index contributed by atoms with van der Waals surface area (Å²) in [6.45, 7) is 4.03. The normalized spacial score (nSPS) is 17.0. The summed E-state index contributed by atoms with van der Waals surface area (Å²) in [4.78, 5) is 35.4. The van der Waals surface area contributed by atoms with E-state index in [1.54, 1.807) is 54.7 Å². The van der Waals surface area contributed by atoms with E-state index in [1.807, 2.05) is 12.1 Å². The van der Waals surface area contributed by atoms with E-state index >= 15 is 0 Å². The van der Waals surface area contributed by atoms with Crippen molar-refractivity contribution in [3.63, 3.8) is 0 Å². The quantitative estimate of drug-likeness (QED) is 0.195. The average molecular weight is 628 g/mol. The monoisotopic (exact) mass is 627 g/mol. The molecule has 0 saturated carbocycles. The second kappa shape index (κ2) is 12.2. The fourth-order valence-electron chi connectivity index (χ4n) is 5.29. The van der Waals surface area contributed by atoms with Crippen LogP contribution in [0.15, 0.2) is 101 Å². The van der Waals surface area contributed by atoms with Gasteiger partial charge in [-0.05, 0) is 73.3 Å². The van der Waals surface area contributed by atoms with Gasteiger partial charge in [0.2, 0.25) is 5.91 Å². The van der Waals surface area contributed by atoms with Crippen LogP contribution in [0.4, 0.5) is 22.7 Å². The Morgan fingerprint density at radius 1 is 0.932 bits per heavy atom. The van der Waals surface area contributed by atoms with Crippen molar-refractivity contribution in [1.29, 1.82) is 0 Å². The molecular formula is C33H30ClN5O4S. The summed E-state index contributed by atoms with van der Waals surface area (Å²) in [7, 11) is -1.78. The zero-order valence-corrected chi connectivity index (χ0v) is 25.5. The molecule has 0 radical (unpaired) electrons. The summed E-state index contributed by atoms with van der Waals surface area (Å²) in [5, 5.41) is 3.15. The molecule has 1 atom stereocenters. The number of sulfonamides is 1. The summed E-state index contributed by atoms with van der Waals surface area (Å²) in [5.74, 6) is -1.13. The molecule has 44 heavy (non-hydrogen) atoms. The molecule has 4 aromatic carbocycles. The van der Waals surface area contributed by atoms with Gasteiger partial charge in [-0.15, -0.1) is 0 Å². The van der Waals surface area contributed by atoms with Crippen LogP contribution < -0.4 is 14.9 Å². The fourth-order valence-corrected chi connectivity index (χ4v) is 6.64. The van der Waals surface area contributed by atoms with Crippen LogP contribution >= 0.6 is 11.6 Å². The SMILES string of the molecule is CN1CCN(c2ccc(N=CC3C(=O)Nc4cc(C(=O)c5cccc(NS(=O)(=O)c6cccc(Cl)c6)c5)ccc43)cc2)CC1. The zero-order valence-electron chi connectivity index (χ0n) is 23.9. The highest BCUT2D eigenvalue weighted by atomic mass is 35.5. The summed E-state index contributed by atoms with van der Waals surface area (Å²) in [6, 6.07) is 25.2. The molecule has 0 aromatic heterocycles. The van der Waals surface area contributed by atoms with Gasteiger partial charge in [0.05, 0.1) is 10.6 Å². The molecule has 1 saturated heterocycles. The third kappa shape index (κ3) is 6.37. The van der Waals surface area contributed by atoms with E-state index in [-0.39, 0.29) is 22.3 Å². The minimum atomic E-state index is -3.91. The van der Waals surface area contributed by atoms with Crippen LogP contribution in [0.25, 0.3) is 0 Å². The highest BCUT2D eigenvalue weighted by Crippen LogP contribution is 2.34. The predicted molar refractivity (Wildman–Crippen MR) is 174 cm³/mol. The number of nitrogens with zero attached hydrogens (tertiary/aromatic N) is 3. The number of hydrogen-bond acceptors (Lipinski definition) is 7. The molecule has 1 fully saturated rings. The lowest BCUT2D eigenvalue weighted by atomic mass is 9.97. The lowest BCUT2D eigenvalue weighted by molar-refractivity contribution is -0.115. The molecule has 1 amide bonds. The molecule has 0 aliphatic carbocycles. The molecule has 2 N–H and O–H groups in total. The Kier molecular flexibility index (Phi) is 8.22. The number of ketones is 1. The number of halogens is 1. The summed E-state index contributed by atoms with van der Waals surface area (Å²) in [6.07, 6.45) is 1.63. The summed E-state index contributed by atoms with van der Waals surface area (Å²) < 4.78 is 28.1. The maximum atomic E-state index is 13.4. The van der Waals surface area contributed by atoms with E-state index in [9.17, 15) is 18.0 Å². The van der Waals surface area contributed by atoms with E-state index in [4.69, 9.17) is 11.6 Å². The number of likely N-dealkylation sites (N-methyl/N-ethyl adjacent to an activating group) is 1. The van der Waals surface area contributed by atoms with Gasteiger partial charge in [0.25, 0.3) is 10.0 Å². The molecule has 11 heteroatoms. The Morgan fingerprint density at radius 3 is 2.41 bits per heavy atom. The van der Waals surface area contributed by atoms with Crippen LogP contribution in [0, 0.1) is 0 Å². The van der Waals surface area contributed by atoms with E-state index in [0.29, 0.717) is 21.8 Å². The molecule has 2 aliphatic heterocycles. The smallest absolute Gasteiger partial charge is 0.261 e. The van der Waals surface area contributed by atoms with E-state index < -0.39 is 15.9 Å². The number of aliphatic imine (C=N–C) groups is 1. The number of benzene rings is 4. The topological polar surface area (TPSA) is 111 Å². The Balaban J connectivity index is 1.15. The highest BCUT2D eigenvalue weighted by molar-refractivity contribution is 7.92. The van der Waals surface area contributed by atoms with E-state index in [1.165, 1.54) is 18.2 Å². The standard InChI is InChI=1S/C33H30ClN5O4S/c1-38-14-16-39(17-15-38)27-11-9-25(10-12-27)35-21-30-29-13-8-23(19-31(29)36-33(30)41)32(40)22-4-2-6-26(18-22)37-44(42,43)28-7-3-5-24(34)20-28/h2-13,18-21,30,37H,14-17H2,1H3,(H,36,41). The Bertz CT molecular complexity index is 1870. The van der Waals surface area contributed by atoms with Gasteiger partial charge in [0.1, 0.15) is 5.92 Å². The summed E-state index contributed by atoms with van der Waals surface area (Å²) >= 11 is 5.95. The van der Waals surface area contributed by atoms with Crippen LogP contribution in [0.5, 0.6) is 0 Å². The number of anilines is 3. The maximum Gasteiger partial charge on any atom is 0.261 e. The van der Waals surface area contributed by atoms with Gasteiger partial charge in [-0.25, -0.2) is 8.42 Å². The van der Waals surface area contributed by atoms with Crippen molar-refractivity contribution >= 4 is 62.3 Å². The number of nitrogens with one attached hydrogen (secondary N) is 2. The van der Waals surface area contributed by atoms with Gasteiger partial charge in [-0.2, -0.15) is 0 Å². The Hall–Kier alpha value is -4.51. The van der Waals surface area contributed by atoms with Crippen LogP contribution in [0.3, 0.4) is 0 Å². The molecule has 4 aromatic rings. The van der Waals surface area contributed by atoms with Gasteiger partial charge in [0.15, 0.2) is 5.78 Å². The maximum absolute atomic E-state index is 13.4.